The van der Waals surface area contributed by atoms with Crippen molar-refractivity contribution in [1.82, 2.24) is 10.6 Å². The van der Waals surface area contributed by atoms with Crippen LogP contribution in [0.4, 0.5) is 0 Å². The van der Waals surface area contributed by atoms with Crippen molar-refractivity contribution in [3.8, 4) is 0 Å². The van der Waals surface area contributed by atoms with Crippen molar-refractivity contribution >= 4 is 50.6 Å². The van der Waals surface area contributed by atoms with Gasteiger partial charge in [-0.1, -0.05) is 27.2 Å². The molecule has 26 heavy (non-hydrogen) atoms. The van der Waals surface area contributed by atoms with Crippen LogP contribution in [0.3, 0.4) is 0 Å². The zero-order valence-electron chi connectivity index (χ0n) is 16.7. The molecule has 0 radical (unpaired) electrons. The van der Waals surface area contributed by atoms with E-state index in [1.165, 1.54) is 6.26 Å². The number of nitrogens with one attached hydrogen (secondary N) is 2. The first kappa shape index (κ1) is 26.1. The molecule has 0 saturated heterocycles. The molecule has 0 amide bonds. The molecule has 9 heteroatoms. The van der Waals surface area contributed by atoms with Gasteiger partial charge >= 0.3 is 0 Å². The molecule has 156 valence electrons. The molecule has 1 rings (SSSR count). The van der Waals surface area contributed by atoms with E-state index in [9.17, 15) is 12.6 Å². The molecule has 0 bridgehead atoms. The van der Waals surface area contributed by atoms with Crippen molar-refractivity contribution in [2.24, 2.45) is 10.4 Å². The van der Waals surface area contributed by atoms with Gasteiger partial charge in [-0.05, 0) is 31.1 Å². The van der Waals surface area contributed by atoms with Gasteiger partial charge in [-0.25, -0.2) is 8.42 Å². The summed E-state index contributed by atoms with van der Waals surface area (Å²) in [6, 6.07) is 0.291. The Morgan fingerprint density at radius 3 is 2.50 bits per heavy atom. The van der Waals surface area contributed by atoms with Crippen LogP contribution < -0.4 is 10.6 Å². The summed E-state index contributed by atoms with van der Waals surface area (Å²) >= 11 is 0. The molecule has 0 heterocycles. The van der Waals surface area contributed by atoms with E-state index in [0.717, 1.165) is 37.4 Å². The van der Waals surface area contributed by atoms with Gasteiger partial charge in [0.15, 0.2) is 5.96 Å². The third-order valence-corrected chi connectivity index (χ3v) is 7.42. The SMILES string of the molecule is CCS(=O)C1CCCC(NC(=NC)NCC(C)(C)CCS(C)(=O)=O)C1.I. The second-order valence-corrected chi connectivity index (χ2v) is 12.0. The van der Waals surface area contributed by atoms with Gasteiger partial charge in [0.25, 0.3) is 0 Å². The summed E-state index contributed by atoms with van der Waals surface area (Å²) in [4.78, 5) is 4.28. The van der Waals surface area contributed by atoms with E-state index >= 15 is 0 Å². The summed E-state index contributed by atoms with van der Waals surface area (Å²) in [7, 11) is -1.94. The lowest BCUT2D eigenvalue weighted by Crippen LogP contribution is -2.48. The summed E-state index contributed by atoms with van der Waals surface area (Å²) in [5, 5.41) is 7.04. The number of sulfone groups is 1. The molecule has 0 spiro atoms. The van der Waals surface area contributed by atoms with Gasteiger partial charge in [0.1, 0.15) is 9.84 Å². The third-order valence-electron chi connectivity index (χ3n) is 4.73. The van der Waals surface area contributed by atoms with E-state index in [2.05, 4.69) is 29.5 Å². The summed E-state index contributed by atoms with van der Waals surface area (Å²) in [6.45, 7) is 6.74. The topological polar surface area (TPSA) is 87.6 Å². The predicted molar refractivity (Wildman–Crippen MR) is 123 cm³/mol. The Bertz CT molecular complexity index is 580. The molecular formula is C17H36IN3O3S2. The highest BCUT2D eigenvalue weighted by Gasteiger charge is 2.26. The number of aliphatic imine (C=N–C) groups is 1. The molecular weight excluding hydrogens is 485 g/mol. The first-order valence-corrected chi connectivity index (χ1v) is 12.5. The molecule has 0 aromatic rings. The summed E-state index contributed by atoms with van der Waals surface area (Å²) in [6.07, 6.45) is 6.00. The summed E-state index contributed by atoms with van der Waals surface area (Å²) in [5.41, 5.74) is -0.139. The summed E-state index contributed by atoms with van der Waals surface area (Å²) < 4.78 is 34.8. The quantitative estimate of drug-likeness (QED) is 0.291. The van der Waals surface area contributed by atoms with E-state index < -0.39 is 20.6 Å². The molecule has 2 N–H and O–H groups in total. The van der Waals surface area contributed by atoms with Crippen LogP contribution in [0.5, 0.6) is 0 Å². The second kappa shape index (κ2) is 11.8. The largest absolute Gasteiger partial charge is 0.356 e. The average molecular weight is 522 g/mol. The highest BCUT2D eigenvalue weighted by molar-refractivity contribution is 14.0. The van der Waals surface area contributed by atoms with Crippen LogP contribution in [0.1, 0.15) is 52.9 Å². The minimum Gasteiger partial charge on any atom is -0.356 e. The maximum Gasteiger partial charge on any atom is 0.191 e. The van der Waals surface area contributed by atoms with Gasteiger partial charge < -0.3 is 10.6 Å². The van der Waals surface area contributed by atoms with E-state index in [0.29, 0.717) is 19.0 Å². The zero-order valence-corrected chi connectivity index (χ0v) is 20.7. The smallest absolute Gasteiger partial charge is 0.191 e. The molecule has 6 nitrogen and oxygen atoms in total. The lowest BCUT2D eigenvalue weighted by molar-refractivity contribution is 0.345. The molecule has 1 fully saturated rings. The van der Waals surface area contributed by atoms with Crippen LogP contribution >= 0.6 is 24.0 Å². The van der Waals surface area contributed by atoms with Crippen LogP contribution in [0.25, 0.3) is 0 Å². The minimum atomic E-state index is -2.94. The van der Waals surface area contributed by atoms with Crippen molar-refractivity contribution in [3.63, 3.8) is 0 Å². The Hall–Kier alpha value is 0.1000. The van der Waals surface area contributed by atoms with Crippen molar-refractivity contribution in [2.45, 2.75) is 64.2 Å². The van der Waals surface area contributed by atoms with E-state index in [1.807, 2.05) is 6.92 Å². The fourth-order valence-electron chi connectivity index (χ4n) is 3.01. The zero-order chi connectivity index (χ0) is 19.1. The van der Waals surface area contributed by atoms with Gasteiger partial charge in [-0.15, -0.1) is 24.0 Å². The number of nitrogens with zero attached hydrogens (tertiary/aromatic N) is 1. The fraction of sp³-hybridized carbons (Fsp3) is 0.941. The lowest BCUT2D eigenvalue weighted by atomic mass is 9.90. The maximum atomic E-state index is 12.1. The predicted octanol–water partition coefficient (Wildman–Crippen LogP) is 2.31. The number of hydrogen-bond acceptors (Lipinski definition) is 4. The monoisotopic (exact) mass is 521 g/mol. The van der Waals surface area contributed by atoms with Crippen LogP contribution in [0.15, 0.2) is 4.99 Å². The molecule has 1 aliphatic rings. The normalized spacial score (nSPS) is 23.0. The van der Waals surface area contributed by atoms with E-state index in [4.69, 9.17) is 0 Å². The fourth-order valence-corrected chi connectivity index (χ4v) is 5.28. The van der Waals surface area contributed by atoms with E-state index in [1.54, 1.807) is 7.05 Å². The van der Waals surface area contributed by atoms with Crippen molar-refractivity contribution in [1.29, 1.82) is 0 Å². The van der Waals surface area contributed by atoms with Crippen LogP contribution in [-0.4, -0.2) is 61.2 Å². The minimum absolute atomic E-state index is 0. The van der Waals surface area contributed by atoms with Crippen molar-refractivity contribution in [2.75, 3.05) is 31.4 Å². The number of hydrogen-bond donors (Lipinski definition) is 2. The second-order valence-electron chi connectivity index (χ2n) is 7.77. The van der Waals surface area contributed by atoms with Crippen LogP contribution in [-0.2, 0) is 20.6 Å². The van der Waals surface area contributed by atoms with Gasteiger partial charge in [-0.2, -0.15) is 0 Å². The summed E-state index contributed by atoms with van der Waals surface area (Å²) in [5.74, 6) is 1.65. The maximum absolute atomic E-state index is 12.1. The molecule has 1 aliphatic carbocycles. The van der Waals surface area contributed by atoms with Crippen LogP contribution in [0, 0.1) is 5.41 Å². The Balaban J connectivity index is 0.00000625. The third kappa shape index (κ3) is 10.4. The molecule has 0 aliphatic heterocycles. The number of rotatable bonds is 8. The average Bonchev–Trinajstić information content (AvgIpc) is 2.56. The Morgan fingerprint density at radius 2 is 1.96 bits per heavy atom. The van der Waals surface area contributed by atoms with E-state index in [-0.39, 0.29) is 40.4 Å². The van der Waals surface area contributed by atoms with Gasteiger partial charge in [0, 0.05) is 47.7 Å². The Kier molecular flexibility index (Phi) is 11.9. The van der Waals surface area contributed by atoms with Gasteiger partial charge in [-0.3, -0.25) is 9.20 Å². The standard InChI is InChI=1S/C17H35N3O3S2.HI/c1-6-24(21)15-9-7-8-14(12-15)20-16(18-4)19-13-17(2,3)10-11-25(5,22)23;/h14-15H,6-13H2,1-5H3,(H2,18,19,20);1H. The highest BCUT2D eigenvalue weighted by atomic mass is 127. The first-order valence-electron chi connectivity index (χ1n) is 9.08. The molecule has 3 unspecified atom stereocenters. The molecule has 1 saturated carbocycles. The Labute approximate surface area is 179 Å². The van der Waals surface area contributed by atoms with Crippen LogP contribution in [0.2, 0.25) is 0 Å². The van der Waals surface area contributed by atoms with Crippen molar-refractivity contribution < 1.29 is 12.6 Å². The molecule has 3 atom stereocenters. The lowest BCUT2D eigenvalue weighted by Gasteiger charge is -2.31. The Morgan fingerprint density at radius 1 is 1.31 bits per heavy atom. The highest BCUT2D eigenvalue weighted by Crippen LogP contribution is 2.23. The van der Waals surface area contributed by atoms with Gasteiger partial charge in [0.2, 0.25) is 0 Å². The van der Waals surface area contributed by atoms with Crippen molar-refractivity contribution in [3.05, 3.63) is 0 Å². The molecule has 0 aromatic carbocycles. The van der Waals surface area contributed by atoms with Gasteiger partial charge in [0.05, 0.1) is 5.75 Å². The number of halogens is 1. The first-order chi connectivity index (χ1) is 11.6. The molecule has 0 aromatic heterocycles. The number of guanidine groups is 1.